The van der Waals surface area contributed by atoms with Crippen molar-refractivity contribution in [1.82, 2.24) is 0 Å². The predicted octanol–water partition coefficient (Wildman–Crippen LogP) is 3.48. The van der Waals surface area contributed by atoms with E-state index in [1.807, 2.05) is 6.92 Å². The summed E-state index contributed by atoms with van der Waals surface area (Å²) >= 11 is 0. The first-order chi connectivity index (χ1) is 12.2. The molecule has 136 valence electrons. The zero-order valence-corrected chi connectivity index (χ0v) is 15.0. The number of carbonyl (C=O) groups excluding carboxylic acids is 1. The summed E-state index contributed by atoms with van der Waals surface area (Å²) in [5.74, 6) is 1.78. The smallest absolute Gasteiger partial charge is 0.312 e. The molecule has 4 heteroatoms. The fourth-order valence-electron chi connectivity index (χ4n) is 6.55. The minimum absolute atomic E-state index is 0.0283. The van der Waals surface area contributed by atoms with Gasteiger partial charge in [-0.15, -0.1) is 0 Å². The van der Waals surface area contributed by atoms with Crippen LogP contribution in [0.1, 0.15) is 39.0 Å². The third-order valence-electron chi connectivity index (χ3n) is 7.53. The average molecular weight is 344 g/mol. The van der Waals surface area contributed by atoms with Gasteiger partial charge in [0.1, 0.15) is 0 Å². The summed E-state index contributed by atoms with van der Waals surface area (Å²) in [6.07, 6.45) is 14.8. The van der Waals surface area contributed by atoms with Gasteiger partial charge in [0.05, 0.1) is 25.7 Å². The Morgan fingerprint density at radius 2 is 2.04 bits per heavy atom. The molecule has 0 radical (unpaired) electrons. The van der Waals surface area contributed by atoms with Crippen LogP contribution < -0.4 is 0 Å². The molecule has 4 nitrogen and oxygen atoms in total. The molecule has 25 heavy (non-hydrogen) atoms. The molecule has 3 fully saturated rings. The Balaban J connectivity index is 1.45. The molecule has 1 aliphatic heterocycles. The van der Waals surface area contributed by atoms with E-state index in [1.165, 1.54) is 6.42 Å². The van der Waals surface area contributed by atoms with E-state index in [2.05, 4.69) is 24.3 Å². The highest BCUT2D eigenvalue weighted by Crippen LogP contribution is 2.66. The normalized spacial score (nSPS) is 46.0. The molecule has 0 N–H and O–H groups in total. The molecule has 5 aliphatic carbocycles. The highest BCUT2D eigenvalue weighted by atomic mass is 16.7. The lowest BCUT2D eigenvalue weighted by Crippen LogP contribution is -2.63. The third kappa shape index (κ3) is 2.16. The number of ether oxygens (including phenoxy) is 3. The van der Waals surface area contributed by atoms with E-state index >= 15 is 0 Å². The van der Waals surface area contributed by atoms with Crippen LogP contribution in [0.15, 0.2) is 24.3 Å². The Bertz CT molecular complexity index is 617. The lowest BCUT2D eigenvalue weighted by Gasteiger charge is -2.63. The lowest BCUT2D eigenvalue weighted by atomic mass is 9.45. The molecule has 0 aromatic rings. The lowest BCUT2D eigenvalue weighted by molar-refractivity contribution is -0.285. The van der Waals surface area contributed by atoms with Crippen molar-refractivity contribution in [3.8, 4) is 0 Å². The maximum absolute atomic E-state index is 12.2. The van der Waals surface area contributed by atoms with Crippen LogP contribution in [0.3, 0.4) is 0 Å². The van der Waals surface area contributed by atoms with Crippen LogP contribution in [0.25, 0.3) is 0 Å². The fraction of sp³-hybridized carbons (Fsp3) is 0.762. The summed E-state index contributed by atoms with van der Waals surface area (Å²) in [7, 11) is 0. The van der Waals surface area contributed by atoms with Gasteiger partial charge in [-0.1, -0.05) is 24.3 Å². The molecule has 3 unspecified atom stereocenters. The minimum atomic E-state index is -0.383. The zero-order valence-electron chi connectivity index (χ0n) is 15.0. The maximum atomic E-state index is 12.2. The number of fused-ring (bicyclic) bond motifs is 1. The van der Waals surface area contributed by atoms with Gasteiger partial charge in [0.15, 0.2) is 5.79 Å². The maximum Gasteiger partial charge on any atom is 0.312 e. The minimum Gasteiger partial charge on any atom is -0.466 e. The van der Waals surface area contributed by atoms with Crippen LogP contribution >= 0.6 is 0 Å². The molecule has 2 bridgehead atoms. The summed E-state index contributed by atoms with van der Waals surface area (Å²) in [5.41, 5.74) is 0.0283. The molecular formula is C21H28O4. The molecule has 1 saturated heterocycles. The van der Waals surface area contributed by atoms with Crippen molar-refractivity contribution in [2.45, 2.75) is 44.8 Å². The Labute approximate surface area is 149 Å². The van der Waals surface area contributed by atoms with E-state index < -0.39 is 0 Å². The SMILES string of the molecule is CCOC(=O)[C@@H]1C=C[C@@H]2C3CC4C=CC3(CC[C@H]2C1)C1(C4)OCCO1. The van der Waals surface area contributed by atoms with E-state index in [1.54, 1.807) is 0 Å². The summed E-state index contributed by atoms with van der Waals surface area (Å²) in [5, 5.41) is 0. The Morgan fingerprint density at radius 3 is 2.84 bits per heavy atom. The fourth-order valence-corrected chi connectivity index (χ4v) is 6.55. The van der Waals surface area contributed by atoms with Crippen molar-refractivity contribution in [2.75, 3.05) is 19.8 Å². The quantitative estimate of drug-likeness (QED) is 0.568. The van der Waals surface area contributed by atoms with Crippen molar-refractivity contribution in [3.63, 3.8) is 0 Å². The van der Waals surface area contributed by atoms with Crippen molar-refractivity contribution >= 4 is 5.97 Å². The second-order valence-electron chi connectivity index (χ2n) is 8.51. The van der Waals surface area contributed by atoms with Crippen molar-refractivity contribution in [1.29, 1.82) is 0 Å². The molecule has 2 spiro atoms. The Kier molecular flexibility index (Phi) is 3.65. The average Bonchev–Trinajstić information content (AvgIpc) is 3.10. The van der Waals surface area contributed by atoms with E-state index in [-0.39, 0.29) is 23.1 Å². The summed E-state index contributed by atoms with van der Waals surface area (Å²) in [6, 6.07) is 0. The number of allylic oxidation sites excluding steroid dienone is 2. The first-order valence-electron chi connectivity index (χ1n) is 10.00. The van der Waals surface area contributed by atoms with Crippen LogP contribution in [0.2, 0.25) is 0 Å². The van der Waals surface area contributed by atoms with Crippen LogP contribution in [-0.4, -0.2) is 31.6 Å². The van der Waals surface area contributed by atoms with Gasteiger partial charge in [0.25, 0.3) is 0 Å². The van der Waals surface area contributed by atoms with Gasteiger partial charge in [-0.3, -0.25) is 4.79 Å². The predicted molar refractivity (Wildman–Crippen MR) is 92.5 cm³/mol. The van der Waals surface area contributed by atoms with Gasteiger partial charge in [-0.2, -0.15) is 0 Å². The molecule has 0 amide bonds. The topological polar surface area (TPSA) is 44.8 Å². The van der Waals surface area contributed by atoms with E-state index in [0.717, 1.165) is 38.9 Å². The summed E-state index contributed by atoms with van der Waals surface area (Å²) < 4.78 is 17.8. The molecule has 2 saturated carbocycles. The van der Waals surface area contributed by atoms with Gasteiger partial charge >= 0.3 is 5.97 Å². The molecule has 1 heterocycles. The highest BCUT2D eigenvalue weighted by molar-refractivity contribution is 5.74. The zero-order chi connectivity index (χ0) is 17.1. The second-order valence-corrected chi connectivity index (χ2v) is 8.51. The monoisotopic (exact) mass is 344 g/mol. The van der Waals surface area contributed by atoms with Crippen LogP contribution in [0.4, 0.5) is 0 Å². The van der Waals surface area contributed by atoms with Gasteiger partial charge in [0.2, 0.25) is 0 Å². The van der Waals surface area contributed by atoms with Crippen LogP contribution in [0.5, 0.6) is 0 Å². The van der Waals surface area contributed by atoms with Crippen LogP contribution in [0, 0.1) is 35.0 Å². The van der Waals surface area contributed by atoms with E-state index in [9.17, 15) is 4.79 Å². The molecule has 0 aromatic carbocycles. The first kappa shape index (κ1) is 16.1. The standard InChI is InChI=1S/C21H28O4/c1-2-23-19(22)16-3-4-17-15(12-16)6-8-20-7-5-14(11-18(17)20)13-21(20)24-9-10-25-21/h3-5,7,14-18H,2,6,8-13H2,1H3/t14?,15-,16+,17-,18?,20?/m0/s1. The number of hydrogen-bond donors (Lipinski definition) is 0. The molecule has 6 rings (SSSR count). The number of rotatable bonds is 2. The Hall–Kier alpha value is -1.13. The highest BCUT2D eigenvalue weighted by Gasteiger charge is 2.66. The second kappa shape index (κ2) is 5.68. The van der Waals surface area contributed by atoms with Gasteiger partial charge < -0.3 is 14.2 Å². The van der Waals surface area contributed by atoms with Crippen LogP contribution in [-0.2, 0) is 19.0 Å². The Morgan fingerprint density at radius 1 is 1.20 bits per heavy atom. The molecule has 0 aromatic heterocycles. The van der Waals surface area contributed by atoms with Gasteiger partial charge in [0, 0.05) is 11.8 Å². The van der Waals surface area contributed by atoms with Gasteiger partial charge in [-0.05, 0) is 56.3 Å². The van der Waals surface area contributed by atoms with Crippen molar-refractivity contribution in [2.24, 2.45) is 35.0 Å². The van der Waals surface area contributed by atoms with E-state index in [0.29, 0.717) is 30.3 Å². The van der Waals surface area contributed by atoms with Gasteiger partial charge in [-0.25, -0.2) is 0 Å². The number of hydrogen-bond acceptors (Lipinski definition) is 4. The summed E-state index contributed by atoms with van der Waals surface area (Å²) in [4.78, 5) is 12.2. The van der Waals surface area contributed by atoms with E-state index in [4.69, 9.17) is 14.2 Å². The summed E-state index contributed by atoms with van der Waals surface area (Å²) in [6.45, 7) is 3.80. The largest absolute Gasteiger partial charge is 0.466 e. The molecule has 6 aliphatic rings. The third-order valence-corrected chi connectivity index (χ3v) is 7.53. The molecular weight excluding hydrogens is 316 g/mol. The first-order valence-corrected chi connectivity index (χ1v) is 10.00. The van der Waals surface area contributed by atoms with Crippen molar-refractivity contribution in [3.05, 3.63) is 24.3 Å². The molecule has 6 atom stereocenters. The van der Waals surface area contributed by atoms with Crippen molar-refractivity contribution < 1.29 is 19.0 Å². The number of carbonyl (C=O) groups is 1. The number of esters is 1.